The zero-order valence-electron chi connectivity index (χ0n) is 19.3. The number of aliphatic carboxylic acids is 1. The van der Waals surface area contributed by atoms with Crippen LogP contribution in [0.1, 0.15) is 42.8 Å². The minimum Gasteiger partial charge on any atom is -0.481 e. The summed E-state index contributed by atoms with van der Waals surface area (Å²) in [6.45, 7) is 10.1. The fourth-order valence-corrected chi connectivity index (χ4v) is 6.75. The van der Waals surface area contributed by atoms with Gasteiger partial charge >= 0.3 is 5.97 Å². The topological polar surface area (TPSA) is 44.4 Å². The Labute approximate surface area is 211 Å². The number of aromatic nitrogens is 1. The number of carboxylic acid groups (broad SMARTS) is 1. The number of allylic oxidation sites excluding steroid dienone is 2. The molecule has 1 aliphatic rings. The van der Waals surface area contributed by atoms with Crippen LogP contribution in [0.25, 0.3) is 16.3 Å². The van der Waals surface area contributed by atoms with Crippen LogP contribution < -0.4 is 9.47 Å². The van der Waals surface area contributed by atoms with E-state index in [4.69, 9.17) is 0 Å². The number of carboxylic acids is 1. The summed E-state index contributed by atoms with van der Waals surface area (Å²) in [5.41, 5.74) is 6.22. The molecule has 0 spiro atoms. The minimum absolute atomic E-state index is 0.0971. The van der Waals surface area contributed by atoms with E-state index in [1.807, 2.05) is 17.8 Å². The third-order valence-corrected chi connectivity index (χ3v) is 8.63. The third kappa shape index (κ3) is 5.05. The fourth-order valence-electron chi connectivity index (χ4n) is 3.97. The summed E-state index contributed by atoms with van der Waals surface area (Å²) in [6.07, 6.45) is 5.51. The van der Waals surface area contributed by atoms with Crippen molar-refractivity contribution in [2.45, 2.75) is 52.0 Å². The predicted molar refractivity (Wildman–Crippen MR) is 143 cm³/mol. The van der Waals surface area contributed by atoms with Gasteiger partial charge in [-0.1, -0.05) is 46.0 Å². The van der Waals surface area contributed by atoms with Gasteiger partial charge in [0.2, 0.25) is 5.52 Å². The molecular weight excluding hydrogens is 516 g/mol. The van der Waals surface area contributed by atoms with Crippen molar-refractivity contribution >= 4 is 67.0 Å². The van der Waals surface area contributed by atoms with E-state index in [1.165, 1.54) is 32.3 Å². The average Bonchev–Trinajstić information content (AvgIpc) is 3.28. The summed E-state index contributed by atoms with van der Waals surface area (Å²) in [6, 6.07) is 10.8. The normalized spacial score (nSPS) is 15.0. The molecule has 0 saturated heterocycles. The monoisotopic (exact) mass is 543 g/mol. The van der Waals surface area contributed by atoms with Gasteiger partial charge in [-0.25, -0.2) is 0 Å². The quantitative estimate of drug-likeness (QED) is 0.317. The van der Waals surface area contributed by atoms with Crippen molar-refractivity contribution in [1.82, 2.24) is 0 Å². The van der Waals surface area contributed by atoms with Crippen LogP contribution in [0.2, 0.25) is 0 Å². The Kier molecular flexibility index (Phi) is 7.31. The van der Waals surface area contributed by atoms with Crippen LogP contribution in [-0.2, 0) is 11.3 Å². The Bertz CT molecular complexity index is 1290. The number of hydrogen-bond donors (Lipinski definition) is 1. The molecule has 0 aliphatic carbocycles. The van der Waals surface area contributed by atoms with Crippen LogP contribution in [0, 0.1) is 13.8 Å². The van der Waals surface area contributed by atoms with E-state index in [9.17, 15) is 9.90 Å². The first-order valence-electron chi connectivity index (χ1n) is 11.1. The number of carbonyl (C=O) groups is 1. The molecule has 1 N–H and O–H groups in total. The summed E-state index contributed by atoms with van der Waals surface area (Å²) in [4.78, 5) is 15.0. The first kappa shape index (κ1) is 24.0. The summed E-state index contributed by atoms with van der Waals surface area (Å²) in [5.74, 6) is -0.783. The fraction of sp³-hybridized carbons (Fsp3) is 0.308. The van der Waals surface area contributed by atoms with Gasteiger partial charge in [0.1, 0.15) is 11.1 Å². The molecule has 0 saturated carbocycles. The van der Waals surface area contributed by atoms with Crippen LogP contribution in [0.3, 0.4) is 0 Å². The number of aryl methyl sites for hydroxylation is 3. The van der Waals surface area contributed by atoms with Gasteiger partial charge in [-0.15, -0.1) is 0 Å². The van der Waals surface area contributed by atoms with Crippen molar-refractivity contribution in [3.05, 3.63) is 67.6 Å². The van der Waals surface area contributed by atoms with Crippen molar-refractivity contribution in [3.8, 4) is 0 Å². The predicted octanol–water partition coefficient (Wildman–Crippen LogP) is 7.31. The van der Waals surface area contributed by atoms with Crippen LogP contribution in [0.5, 0.6) is 0 Å². The Balaban J connectivity index is 1.75. The second-order valence-corrected chi connectivity index (χ2v) is 11.2. The van der Waals surface area contributed by atoms with E-state index in [-0.39, 0.29) is 6.42 Å². The van der Waals surface area contributed by atoms with Gasteiger partial charge in [-0.05, 0) is 74.2 Å². The van der Waals surface area contributed by atoms with E-state index in [0.717, 1.165) is 32.7 Å². The maximum atomic E-state index is 11.3. The molecule has 1 aromatic heterocycles. The number of anilines is 1. The van der Waals surface area contributed by atoms with Crippen molar-refractivity contribution < 1.29 is 14.5 Å². The zero-order chi connectivity index (χ0) is 23.7. The second kappa shape index (κ2) is 10.0. The number of rotatable bonds is 7. The van der Waals surface area contributed by atoms with Crippen molar-refractivity contribution in [2.24, 2.45) is 0 Å². The second-order valence-electron chi connectivity index (χ2n) is 8.15. The van der Waals surface area contributed by atoms with Gasteiger partial charge in [-0.2, -0.15) is 4.57 Å². The van der Waals surface area contributed by atoms with Gasteiger partial charge in [-0.3, -0.25) is 4.79 Å². The highest BCUT2D eigenvalue weighted by atomic mass is 79.9. The number of thioether (sulfide) groups is 1. The highest BCUT2D eigenvalue weighted by molar-refractivity contribution is 9.10. The summed E-state index contributed by atoms with van der Waals surface area (Å²) < 4.78 is 4.28. The molecule has 7 heteroatoms. The summed E-state index contributed by atoms with van der Waals surface area (Å²) >= 11 is 7.10. The molecule has 4 rings (SSSR count). The standard InChI is InChI=1S/C26H27BrN2O2S2/c1-5-18(13-24-28(6-2)20-11-16(3)17(4)12-23(20)33-24)14-25-29(10-9-26(30)31)21-15-19(27)7-8-22(21)32-25/h7-8,11-15H,5-6,9-10H2,1-4H3/p+1. The van der Waals surface area contributed by atoms with E-state index in [0.29, 0.717) is 6.54 Å². The maximum absolute atomic E-state index is 11.3. The van der Waals surface area contributed by atoms with Gasteiger partial charge in [0.15, 0.2) is 6.54 Å². The van der Waals surface area contributed by atoms with E-state index in [2.05, 4.69) is 89.5 Å². The molecule has 3 aromatic rings. The molecule has 33 heavy (non-hydrogen) atoms. The lowest BCUT2D eigenvalue weighted by Gasteiger charge is -2.19. The smallest absolute Gasteiger partial charge is 0.309 e. The highest BCUT2D eigenvalue weighted by Crippen LogP contribution is 2.47. The molecule has 2 aromatic carbocycles. The van der Waals surface area contributed by atoms with Crippen LogP contribution in [-0.4, -0.2) is 17.6 Å². The number of thiazole rings is 1. The molecule has 0 unspecified atom stereocenters. The first-order valence-corrected chi connectivity index (χ1v) is 13.6. The molecule has 0 atom stereocenters. The van der Waals surface area contributed by atoms with Crippen LogP contribution in [0.4, 0.5) is 5.69 Å². The number of fused-ring (bicyclic) bond motifs is 2. The lowest BCUT2D eigenvalue weighted by Crippen LogP contribution is -2.36. The Morgan fingerprint density at radius 1 is 1.18 bits per heavy atom. The number of nitrogens with zero attached hydrogens (tertiary/aromatic N) is 2. The van der Waals surface area contributed by atoms with Gasteiger partial charge < -0.3 is 10.0 Å². The lowest BCUT2D eigenvalue weighted by atomic mass is 10.1. The average molecular weight is 545 g/mol. The molecular formula is C26H28BrN2O2S2+. The highest BCUT2D eigenvalue weighted by Gasteiger charge is 2.25. The molecule has 2 heterocycles. The third-order valence-electron chi connectivity index (χ3n) is 5.93. The number of halogens is 1. The minimum atomic E-state index is -0.783. The Hall–Kier alpha value is -2.09. The number of benzene rings is 2. The molecule has 4 nitrogen and oxygen atoms in total. The molecule has 0 bridgehead atoms. The first-order chi connectivity index (χ1) is 15.8. The zero-order valence-corrected chi connectivity index (χ0v) is 22.5. The van der Waals surface area contributed by atoms with Crippen molar-refractivity contribution in [2.75, 3.05) is 11.4 Å². The maximum Gasteiger partial charge on any atom is 0.309 e. The molecule has 172 valence electrons. The van der Waals surface area contributed by atoms with Crippen LogP contribution in [0.15, 0.2) is 56.4 Å². The SMILES string of the molecule is CCC(=Cc1sc2ccc(Br)cc2[n+]1CCC(=O)O)C=C1Sc2cc(C)c(C)cc2N1CC. The summed E-state index contributed by atoms with van der Waals surface area (Å²) in [5, 5.41) is 11.6. The van der Waals surface area contributed by atoms with Gasteiger partial charge in [0.05, 0.1) is 10.7 Å². The number of hydrogen-bond acceptors (Lipinski definition) is 4. The largest absolute Gasteiger partial charge is 0.481 e. The van der Waals surface area contributed by atoms with Crippen LogP contribution >= 0.6 is 39.0 Å². The molecule has 0 radical (unpaired) electrons. The molecule has 0 amide bonds. The Morgan fingerprint density at radius 2 is 1.94 bits per heavy atom. The molecule has 0 fully saturated rings. The lowest BCUT2D eigenvalue weighted by molar-refractivity contribution is -0.667. The van der Waals surface area contributed by atoms with Crippen molar-refractivity contribution in [3.63, 3.8) is 0 Å². The van der Waals surface area contributed by atoms with E-state index >= 15 is 0 Å². The van der Waals surface area contributed by atoms with Crippen molar-refractivity contribution in [1.29, 1.82) is 0 Å². The van der Waals surface area contributed by atoms with Gasteiger partial charge in [0, 0.05) is 28.1 Å². The van der Waals surface area contributed by atoms with Gasteiger partial charge in [0.25, 0.3) is 5.01 Å². The summed E-state index contributed by atoms with van der Waals surface area (Å²) in [7, 11) is 0. The van der Waals surface area contributed by atoms with E-state index < -0.39 is 5.97 Å². The molecule has 1 aliphatic heterocycles. The van der Waals surface area contributed by atoms with E-state index in [1.54, 1.807) is 11.3 Å². The Morgan fingerprint density at radius 3 is 2.64 bits per heavy atom.